The van der Waals surface area contributed by atoms with Crippen LogP contribution in [0.5, 0.6) is 0 Å². The Morgan fingerprint density at radius 1 is 0.714 bits per heavy atom. The number of aliphatic hydroxyl groups is 1. The number of carbonyl (C=O) groups excluding carboxylic acids is 7. The molecular weight excluding hydrogens is 948 g/mol. The number of hydrogen-bond acceptors (Lipinski definition) is 12. The van der Waals surface area contributed by atoms with E-state index in [4.69, 9.17) is 65.2 Å². The molecule has 0 aliphatic carbocycles. The number of primary amides is 6. The quantitative estimate of drug-likeness (QED) is 0.0888. The van der Waals surface area contributed by atoms with Crippen molar-refractivity contribution in [3.05, 3.63) is 50.1 Å². The number of hydrogen-bond donors (Lipinski definition) is 8. The van der Waals surface area contributed by atoms with Crippen LogP contribution >= 0.6 is 0 Å². The Morgan fingerprint density at radius 2 is 1.24 bits per heavy atom. The summed E-state index contributed by atoms with van der Waals surface area (Å²) >= 11 is 0. The summed E-state index contributed by atoms with van der Waals surface area (Å²) in [6.07, 6.45) is 1.02. The van der Waals surface area contributed by atoms with Crippen LogP contribution in [-0.4, -0.2) is 87.8 Å². The fraction of sp³-hybridized carbons (Fsp3) is 0.667. The van der Waals surface area contributed by atoms with Crippen molar-refractivity contribution >= 4 is 58.5 Å². The molecule has 22 heteroatoms. The van der Waals surface area contributed by atoms with Gasteiger partial charge in [0.15, 0.2) is 0 Å². The molecule has 0 spiro atoms. The third-order valence-corrected chi connectivity index (χ3v) is 16.0. The molecule has 1 saturated heterocycles. The molecule has 5 aliphatic rings. The van der Waals surface area contributed by atoms with Crippen LogP contribution < -0.4 is 39.7 Å². The average Bonchev–Trinajstić information content (AvgIpc) is 3.84. The van der Waals surface area contributed by atoms with Crippen molar-refractivity contribution in [3.8, 4) is 0 Å². The van der Waals surface area contributed by atoms with Crippen molar-refractivity contribution in [1.82, 2.24) is 5.32 Å². The molecule has 0 aromatic rings. The third-order valence-electron chi connectivity index (χ3n) is 16.0. The van der Waals surface area contributed by atoms with Gasteiger partial charge in [-0.05, 0) is 81.9 Å². The van der Waals surface area contributed by atoms with Gasteiger partial charge in [-0.1, -0.05) is 40.7 Å². The second kappa shape index (κ2) is 22.2. The number of allylic oxidation sites excluding steroid dienone is 6. The Morgan fingerprint density at radius 3 is 1.74 bits per heavy atom. The van der Waals surface area contributed by atoms with Gasteiger partial charge in [0.05, 0.1) is 17.3 Å². The monoisotopic (exact) mass is 1020 g/mol. The zero-order valence-electron chi connectivity index (χ0n) is 41.8. The van der Waals surface area contributed by atoms with Crippen LogP contribution in [0.25, 0.3) is 10.9 Å². The zero-order valence-corrected chi connectivity index (χ0v) is 42.8. The number of fused-ring (bicyclic) bond motifs is 6. The molecule has 5 heterocycles. The summed E-state index contributed by atoms with van der Waals surface area (Å²) in [4.78, 5) is 115. The van der Waals surface area contributed by atoms with Gasteiger partial charge in [0.25, 0.3) is 0 Å². The molecule has 70 heavy (non-hydrogen) atoms. The van der Waals surface area contributed by atoms with Crippen molar-refractivity contribution in [2.75, 3.05) is 6.54 Å². The molecule has 10 unspecified atom stereocenters. The van der Waals surface area contributed by atoms with E-state index in [0.717, 1.165) is 0 Å². The van der Waals surface area contributed by atoms with E-state index in [1.165, 1.54) is 0 Å². The van der Waals surface area contributed by atoms with Gasteiger partial charge in [-0.2, -0.15) is 5.70 Å². The van der Waals surface area contributed by atoms with Crippen molar-refractivity contribution < 1.29 is 55.4 Å². The second-order valence-corrected chi connectivity index (χ2v) is 21.1. The first-order valence-corrected chi connectivity index (χ1v) is 23.4. The minimum absolute atomic E-state index is 0. The largest absolute Gasteiger partial charge is 2.00 e. The standard InChI is InChI=1S/C48H73N11O8.Co.NO/c1-23(60)22-55-38(67)16-17-45(6)29(18-35(52)64)43-48(9)47(8,21-37(54)66)28(12-15-34(51)63)40(59-48)25(3)42-46(7,20-36(53)65)26(10-13-32(49)61)30(56-42)19-31-44(4,5)27(11-14-33(50)62)39(57-31)24(2)41(45)58-43;;1-2/h19,23,26-29,43,60H,10-18,20-22H2,1-9H3,(H14,49,50,51,52,53,54,55,56,57,58,59,61,62,63,64,65,66,67);;/q;+2;-1/p-1. The van der Waals surface area contributed by atoms with Gasteiger partial charge in [-0.25, -0.2) is 0 Å². The first kappa shape index (κ1) is 58.7. The molecule has 10 atom stereocenters. The molecule has 0 aromatic heterocycles. The van der Waals surface area contributed by atoms with Gasteiger partial charge < -0.3 is 60.6 Å². The molecule has 8 bridgehead atoms. The molecule has 5 aliphatic heterocycles. The van der Waals surface area contributed by atoms with Gasteiger partial charge in [0.1, 0.15) is 0 Å². The summed E-state index contributed by atoms with van der Waals surface area (Å²) in [6.45, 7) is 16.8. The van der Waals surface area contributed by atoms with E-state index in [2.05, 4.69) is 5.32 Å². The molecule has 0 aromatic carbocycles. The van der Waals surface area contributed by atoms with E-state index >= 15 is 0 Å². The van der Waals surface area contributed by atoms with Gasteiger partial charge >= 0.3 is 16.8 Å². The molecule has 1 fully saturated rings. The molecular formula is C48H72CoN12O9. The van der Waals surface area contributed by atoms with Crippen LogP contribution in [0.3, 0.4) is 0 Å². The maximum Gasteiger partial charge on any atom is 2.00 e. The van der Waals surface area contributed by atoms with Gasteiger partial charge in [-0.15, -0.1) is 0 Å². The zero-order chi connectivity index (χ0) is 52.4. The van der Waals surface area contributed by atoms with Crippen molar-refractivity contribution in [1.29, 1.82) is 0 Å². The number of nitrogens with zero attached hydrogens (tertiary/aromatic N) is 5. The molecule has 21 nitrogen and oxygen atoms in total. The fourth-order valence-corrected chi connectivity index (χ4v) is 12.2. The Hall–Kier alpha value is -5.61. The smallest absolute Gasteiger partial charge is 0.682 e. The molecule has 7 amide bonds. The van der Waals surface area contributed by atoms with E-state index < -0.39 is 98.5 Å². The van der Waals surface area contributed by atoms with Crippen LogP contribution in [0.1, 0.15) is 133 Å². The summed E-state index contributed by atoms with van der Waals surface area (Å²) in [5.74, 6) is -6.42. The van der Waals surface area contributed by atoms with Crippen molar-refractivity contribution in [2.24, 2.45) is 94.7 Å². The maximum absolute atomic E-state index is 13.5. The van der Waals surface area contributed by atoms with E-state index in [-0.39, 0.29) is 93.4 Å². The number of nitrogens with two attached hydrogens (primary N) is 6. The van der Waals surface area contributed by atoms with Gasteiger partial charge in [0.2, 0.25) is 41.4 Å². The molecule has 5 rings (SSSR count). The van der Waals surface area contributed by atoms with Crippen LogP contribution in [-0.2, 0) is 50.3 Å². The number of nitroso groups, excluding NO2 is 1. The van der Waals surface area contributed by atoms with E-state index in [9.17, 15) is 38.7 Å². The number of aliphatic imine (C=N–C) groups is 3. The number of rotatable bonds is 20. The first-order valence-electron chi connectivity index (χ1n) is 23.4. The predicted octanol–water partition coefficient (Wildman–Crippen LogP) is 2.84. The summed E-state index contributed by atoms with van der Waals surface area (Å²) in [5.41, 5.74) is 40.1. The van der Waals surface area contributed by atoms with Crippen LogP contribution in [0.2, 0.25) is 0 Å². The van der Waals surface area contributed by atoms with Gasteiger partial charge in [0, 0.05) is 108 Å². The minimum Gasteiger partial charge on any atom is -0.682 e. The Balaban J connectivity index is 0.00000426. The SMILES string of the molecule is CC1=C2N=C(C=C3N=C(C(C)=C4[N-]C(C(CC(N)=O)C4(C)CCC(=O)NCC(C)O)C4(C)N=C1C(CCC(N)=O)C4(C)CC(N)=O)C(CCC(N)=O)C3(C)C)C(CCC(N)=O)C2(C)CC(N)=O.[Co+2].[N-]=O. The minimum atomic E-state index is -1.40. The number of nitrogens with one attached hydrogen (secondary N) is 1. The number of aliphatic hydroxyl groups excluding tert-OH is 1. The van der Waals surface area contributed by atoms with E-state index in [1.807, 2.05) is 61.5 Å². The van der Waals surface area contributed by atoms with E-state index in [0.29, 0.717) is 51.8 Å². The van der Waals surface area contributed by atoms with Crippen molar-refractivity contribution in [3.63, 3.8) is 0 Å². The Kier molecular flexibility index (Phi) is 18.6. The third kappa shape index (κ3) is 11.3. The fourth-order valence-electron chi connectivity index (χ4n) is 12.2. The first-order chi connectivity index (χ1) is 31.9. The number of amides is 7. The maximum atomic E-state index is 13.5. The summed E-state index contributed by atoms with van der Waals surface area (Å²) in [7, 11) is 0. The topological polar surface area (TPSA) is 398 Å². The summed E-state index contributed by atoms with van der Waals surface area (Å²) < 4.78 is 0. The Labute approximate surface area is 419 Å². The molecule has 14 N–H and O–H groups in total. The molecule has 1 radical (unpaired) electrons. The summed E-state index contributed by atoms with van der Waals surface area (Å²) in [5, 5.41) is 18.3. The Bertz CT molecular complexity index is 2340. The number of carbonyl (C=O) groups is 7. The summed E-state index contributed by atoms with van der Waals surface area (Å²) in [6, 6.07) is -0.923. The molecule has 387 valence electrons. The normalized spacial score (nSPS) is 30.9. The van der Waals surface area contributed by atoms with E-state index in [1.54, 1.807) is 6.92 Å². The van der Waals surface area contributed by atoms with Crippen LogP contribution in [0.15, 0.2) is 49.3 Å². The predicted molar refractivity (Wildman–Crippen MR) is 261 cm³/mol. The van der Waals surface area contributed by atoms with Crippen molar-refractivity contribution in [2.45, 2.75) is 151 Å². The second-order valence-electron chi connectivity index (χ2n) is 21.1. The van der Waals surface area contributed by atoms with Crippen LogP contribution in [0, 0.1) is 50.2 Å². The van der Waals surface area contributed by atoms with Gasteiger partial charge in [-0.3, -0.25) is 48.5 Å². The van der Waals surface area contributed by atoms with Crippen LogP contribution in [0.4, 0.5) is 0 Å². The average molecular weight is 1020 g/mol. The molecule has 0 saturated carbocycles.